The fourth-order valence-electron chi connectivity index (χ4n) is 0.874. The molecule has 0 fully saturated rings. The normalized spacial score (nSPS) is 11.3. The summed E-state index contributed by atoms with van der Waals surface area (Å²) in [6, 6.07) is 3.66. The van der Waals surface area contributed by atoms with E-state index in [0.717, 1.165) is 6.07 Å². The van der Waals surface area contributed by atoms with Gasteiger partial charge in [-0.25, -0.2) is 13.1 Å². The fourth-order valence-corrected chi connectivity index (χ4v) is 1.96. The van der Waals surface area contributed by atoms with Crippen molar-refractivity contribution in [2.45, 2.75) is 4.90 Å². The second-order valence-electron chi connectivity index (χ2n) is 2.44. The van der Waals surface area contributed by atoms with Gasteiger partial charge in [0, 0.05) is 5.02 Å². The molecule has 0 aromatic heterocycles. The Kier molecular flexibility index (Phi) is 3.20. The monoisotopic (exact) mass is 234 g/mol. The lowest BCUT2D eigenvalue weighted by Crippen LogP contribution is -2.18. The van der Waals surface area contributed by atoms with Crippen LogP contribution >= 0.6 is 11.6 Å². The zero-order chi connectivity index (χ0) is 10.8. The van der Waals surface area contributed by atoms with Gasteiger partial charge in [-0.3, -0.25) is 0 Å². The number of rotatable bonds is 3. The van der Waals surface area contributed by atoms with Gasteiger partial charge in [0.15, 0.2) is 0 Å². The lowest BCUT2D eigenvalue weighted by molar-refractivity contribution is 0.588. The van der Waals surface area contributed by atoms with E-state index in [9.17, 15) is 13.3 Å². The summed E-state index contributed by atoms with van der Waals surface area (Å²) in [4.78, 5) is 10.1. The van der Waals surface area contributed by atoms with E-state index < -0.39 is 10.0 Å². The maximum Gasteiger partial charge on any atom is 0.240 e. The van der Waals surface area contributed by atoms with Crippen molar-refractivity contribution < 1.29 is 8.42 Å². The molecule has 76 valence electrons. The van der Waals surface area contributed by atoms with Crippen LogP contribution in [0.1, 0.15) is 0 Å². The molecule has 0 aliphatic rings. The van der Waals surface area contributed by atoms with Gasteiger partial charge < -0.3 is 0 Å². The van der Waals surface area contributed by atoms with E-state index in [1.807, 2.05) is 0 Å². The lowest BCUT2D eigenvalue weighted by atomic mass is 10.3. The first-order valence-corrected chi connectivity index (χ1v) is 5.43. The topological polar surface area (TPSA) is 75.6 Å². The number of nitroso groups, excluding NO2 is 1. The van der Waals surface area contributed by atoms with Crippen LogP contribution in [0, 0.1) is 4.91 Å². The number of nitrogens with one attached hydrogen (secondary N) is 1. The maximum atomic E-state index is 11.3. The van der Waals surface area contributed by atoms with E-state index in [1.54, 1.807) is 0 Å². The minimum Gasteiger partial charge on any atom is -0.214 e. The molecule has 0 atom stereocenters. The van der Waals surface area contributed by atoms with Crippen molar-refractivity contribution in [1.82, 2.24) is 4.72 Å². The van der Waals surface area contributed by atoms with Crippen molar-refractivity contribution >= 4 is 27.3 Å². The lowest BCUT2D eigenvalue weighted by Gasteiger charge is -2.02. The highest BCUT2D eigenvalue weighted by Crippen LogP contribution is 2.23. The van der Waals surface area contributed by atoms with Gasteiger partial charge in [0.25, 0.3) is 0 Å². The SMILES string of the molecule is CNS(=O)(=O)c1cc(Cl)cc(N=O)c1. The zero-order valence-electron chi connectivity index (χ0n) is 7.19. The van der Waals surface area contributed by atoms with Crippen molar-refractivity contribution in [3.8, 4) is 0 Å². The number of nitrogens with zero attached hydrogens (tertiary/aromatic N) is 1. The van der Waals surface area contributed by atoms with Crippen LogP contribution in [0.4, 0.5) is 5.69 Å². The van der Waals surface area contributed by atoms with Gasteiger partial charge in [-0.15, -0.1) is 4.91 Å². The average Bonchev–Trinajstić information content (AvgIpc) is 2.16. The van der Waals surface area contributed by atoms with Crippen LogP contribution in [0.15, 0.2) is 28.3 Å². The van der Waals surface area contributed by atoms with Gasteiger partial charge in [0.1, 0.15) is 5.69 Å². The molecule has 1 aromatic rings. The highest BCUT2D eigenvalue weighted by molar-refractivity contribution is 7.89. The number of halogens is 1. The molecule has 0 bridgehead atoms. The second-order valence-corrected chi connectivity index (χ2v) is 4.77. The predicted octanol–water partition coefficient (Wildman–Crippen LogP) is 1.65. The van der Waals surface area contributed by atoms with E-state index >= 15 is 0 Å². The third kappa shape index (κ3) is 2.28. The molecule has 0 aliphatic heterocycles. The highest BCUT2D eigenvalue weighted by Gasteiger charge is 2.13. The molecule has 0 aliphatic carbocycles. The first-order chi connectivity index (χ1) is 6.49. The van der Waals surface area contributed by atoms with Crippen molar-refractivity contribution in [2.24, 2.45) is 5.18 Å². The first-order valence-electron chi connectivity index (χ1n) is 3.57. The summed E-state index contributed by atoms with van der Waals surface area (Å²) in [5.74, 6) is 0. The Morgan fingerprint density at radius 1 is 1.36 bits per heavy atom. The highest BCUT2D eigenvalue weighted by atomic mass is 35.5. The zero-order valence-corrected chi connectivity index (χ0v) is 8.76. The van der Waals surface area contributed by atoms with E-state index in [4.69, 9.17) is 11.6 Å². The molecule has 0 radical (unpaired) electrons. The predicted molar refractivity (Wildman–Crippen MR) is 53.2 cm³/mol. The Labute approximate surface area is 86.1 Å². The molecule has 1 N–H and O–H groups in total. The van der Waals surface area contributed by atoms with Crippen molar-refractivity contribution in [2.75, 3.05) is 7.05 Å². The van der Waals surface area contributed by atoms with Crippen LogP contribution in [0.25, 0.3) is 0 Å². The standard InChI is InChI=1S/C7H7ClN2O3S/c1-9-14(12,13)7-3-5(8)2-6(4-7)10-11/h2-4,9H,1H3. The summed E-state index contributed by atoms with van der Waals surface area (Å²) < 4.78 is 24.7. The molecular formula is C7H7ClN2O3S. The van der Waals surface area contributed by atoms with E-state index in [1.165, 1.54) is 19.2 Å². The minimum atomic E-state index is -3.59. The number of hydrogen-bond acceptors (Lipinski definition) is 4. The summed E-state index contributed by atoms with van der Waals surface area (Å²) in [6.07, 6.45) is 0. The third-order valence-electron chi connectivity index (χ3n) is 1.54. The molecule has 1 rings (SSSR count). The summed E-state index contributed by atoms with van der Waals surface area (Å²) in [7, 11) is -2.32. The Hall–Kier alpha value is -0.980. The second kappa shape index (κ2) is 4.04. The summed E-state index contributed by atoms with van der Waals surface area (Å²) >= 11 is 5.60. The molecule has 0 heterocycles. The molecule has 14 heavy (non-hydrogen) atoms. The van der Waals surface area contributed by atoms with E-state index in [2.05, 4.69) is 9.90 Å². The minimum absolute atomic E-state index is 0.0219. The van der Waals surface area contributed by atoms with Gasteiger partial charge in [-0.05, 0) is 30.4 Å². The molecule has 1 aromatic carbocycles. The summed E-state index contributed by atoms with van der Waals surface area (Å²) in [6.45, 7) is 0. The van der Waals surface area contributed by atoms with Crippen molar-refractivity contribution in [3.05, 3.63) is 28.1 Å². The van der Waals surface area contributed by atoms with Crippen LogP contribution < -0.4 is 4.72 Å². The molecule has 5 nitrogen and oxygen atoms in total. The van der Waals surface area contributed by atoms with Crippen LogP contribution in [0.5, 0.6) is 0 Å². The molecule has 0 saturated heterocycles. The van der Waals surface area contributed by atoms with Gasteiger partial charge >= 0.3 is 0 Å². The van der Waals surface area contributed by atoms with Crippen LogP contribution in [0.2, 0.25) is 5.02 Å². The molecule has 0 spiro atoms. The Morgan fingerprint density at radius 2 is 2.00 bits per heavy atom. The maximum absolute atomic E-state index is 11.3. The molecular weight excluding hydrogens is 228 g/mol. The molecule has 7 heteroatoms. The number of benzene rings is 1. The van der Waals surface area contributed by atoms with Crippen LogP contribution in [-0.2, 0) is 10.0 Å². The van der Waals surface area contributed by atoms with Crippen molar-refractivity contribution in [3.63, 3.8) is 0 Å². The molecule has 0 amide bonds. The largest absolute Gasteiger partial charge is 0.240 e. The van der Waals surface area contributed by atoms with Gasteiger partial charge in [0.2, 0.25) is 10.0 Å². The Bertz CT molecular complexity index is 458. The van der Waals surface area contributed by atoms with Crippen LogP contribution in [-0.4, -0.2) is 15.5 Å². The quantitative estimate of drug-likeness (QED) is 0.808. The van der Waals surface area contributed by atoms with E-state index in [0.29, 0.717) is 0 Å². The van der Waals surface area contributed by atoms with Gasteiger partial charge in [-0.1, -0.05) is 11.6 Å². The first kappa shape index (κ1) is 11.1. The van der Waals surface area contributed by atoms with Crippen molar-refractivity contribution in [1.29, 1.82) is 0 Å². The molecule has 0 saturated carbocycles. The summed E-state index contributed by atoms with van der Waals surface area (Å²) in [5.41, 5.74) is -0.0219. The van der Waals surface area contributed by atoms with Gasteiger partial charge in [0.05, 0.1) is 4.90 Å². The van der Waals surface area contributed by atoms with Gasteiger partial charge in [-0.2, -0.15) is 0 Å². The fraction of sp³-hybridized carbons (Fsp3) is 0.143. The van der Waals surface area contributed by atoms with E-state index in [-0.39, 0.29) is 15.6 Å². The Balaban J connectivity index is 3.36. The third-order valence-corrected chi connectivity index (χ3v) is 3.15. The average molecular weight is 235 g/mol. The summed E-state index contributed by atoms with van der Waals surface area (Å²) in [5, 5.41) is 2.76. The molecule has 0 unspecified atom stereocenters. The number of sulfonamides is 1. The number of hydrogen-bond donors (Lipinski definition) is 1. The smallest absolute Gasteiger partial charge is 0.214 e. The Morgan fingerprint density at radius 3 is 2.50 bits per heavy atom. The van der Waals surface area contributed by atoms with Crippen LogP contribution in [0.3, 0.4) is 0 Å².